The lowest BCUT2D eigenvalue weighted by atomic mass is 9.87. The highest BCUT2D eigenvalue weighted by Crippen LogP contribution is 2.24. The molecule has 0 aromatic heterocycles. The third-order valence-electron chi connectivity index (χ3n) is 4.35. The number of nitrogens with one attached hydrogen (secondary N) is 2. The number of aliphatic hydroxyl groups excluding tert-OH is 1. The van der Waals surface area contributed by atoms with E-state index < -0.39 is 23.7 Å². The van der Waals surface area contributed by atoms with Gasteiger partial charge in [0.05, 0.1) is 12.1 Å². The fourth-order valence-electron chi connectivity index (χ4n) is 3.08. The lowest BCUT2D eigenvalue weighted by molar-refractivity contribution is 0.101. The van der Waals surface area contributed by atoms with Crippen LogP contribution in [0.25, 0.3) is 0 Å². The molecule has 0 saturated heterocycles. The van der Waals surface area contributed by atoms with E-state index in [-0.39, 0.29) is 17.6 Å². The molecule has 1 aliphatic rings. The highest BCUT2D eigenvalue weighted by Gasteiger charge is 2.22. The molecule has 0 radical (unpaired) electrons. The molecule has 23 heavy (non-hydrogen) atoms. The van der Waals surface area contributed by atoms with Crippen LogP contribution in [0.15, 0.2) is 18.2 Å². The monoisotopic (exact) mass is 326 g/mol. The average Bonchev–Trinajstić information content (AvgIpc) is 2.53. The first-order valence-electron chi connectivity index (χ1n) is 8.17. The Morgan fingerprint density at radius 1 is 1.39 bits per heavy atom. The van der Waals surface area contributed by atoms with Gasteiger partial charge in [-0.3, -0.25) is 0 Å². The summed E-state index contributed by atoms with van der Waals surface area (Å²) in [5.41, 5.74) is 0.149. The molecular formula is C17H24F2N2O2. The second kappa shape index (κ2) is 8.24. The molecule has 1 aromatic rings. The molecule has 2 rings (SSSR count). The number of hydrogen-bond acceptors (Lipinski definition) is 2. The zero-order valence-electron chi connectivity index (χ0n) is 13.3. The molecule has 1 aliphatic carbocycles. The highest BCUT2D eigenvalue weighted by molar-refractivity contribution is 5.74. The van der Waals surface area contributed by atoms with Crippen LogP contribution in [0.3, 0.4) is 0 Å². The number of amides is 2. The van der Waals surface area contributed by atoms with Crippen LogP contribution in [0.1, 0.15) is 50.6 Å². The summed E-state index contributed by atoms with van der Waals surface area (Å²) in [5.74, 6) is -0.803. The minimum Gasteiger partial charge on any atom is -0.393 e. The average molecular weight is 326 g/mol. The van der Waals surface area contributed by atoms with Crippen molar-refractivity contribution in [3.63, 3.8) is 0 Å². The van der Waals surface area contributed by atoms with E-state index in [1.54, 1.807) is 6.92 Å². The molecule has 0 aliphatic heterocycles. The fraction of sp³-hybridized carbons (Fsp3) is 0.588. The molecule has 1 aromatic carbocycles. The minimum atomic E-state index is -0.581. The normalized spacial score (nSPS) is 22.4. The summed E-state index contributed by atoms with van der Waals surface area (Å²) in [6.45, 7) is 2.28. The van der Waals surface area contributed by atoms with Crippen LogP contribution in [0, 0.1) is 17.6 Å². The van der Waals surface area contributed by atoms with E-state index in [1.807, 2.05) is 0 Å². The Morgan fingerprint density at radius 2 is 2.17 bits per heavy atom. The van der Waals surface area contributed by atoms with Crippen molar-refractivity contribution in [2.45, 2.75) is 51.2 Å². The number of halogens is 2. The fourth-order valence-corrected chi connectivity index (χ4v) is 3.08. The first-order chi connectivity index (χ1) is 11.0. The van der Waals surface area contributed by atoms with Gasteiger partial charge in [0, 0.05) is 12.1 Å². The van der Waals surface area contributed by atoms with E-state index in [2.05, 4.69) is 10.6 Å². The molecule has 3 N–H and O–H groups in total. The SMILES string of the molecule is CCC(NC(=O)NCC1CCCC(O)C1)c1cc(F)ccc1F. The van der Waals surface area contributed by atoms with Crippen LogP contribution in [-0.2, 0) is 0 Å². The number of urea groups is 1. The van der Waals surface area contributed by atoms with E-state index in [1.165, 1.54) is 0 Å². The van der Waals surface area contributed by atoms with Gasteiger partial charge < -0.3 is 15.7 Å². The van der Waals surface area contributed by atoms with Crippen molar-refractivity contribution in [3.05, 3.63) is 35.4 Å². The second-order valence-electron chi connectivity index (χ2n) is 6.17. The van der Waals surface area contributed by atoms with Crippen LogP contribution < -0.4 is 10.6 Å². The van der Waals surface area contributed by atoms with Crippen LogP contribution in [0.2, 0.25) is 0 Å². The van der Waals surface area contributed by atoms with Crippen molar-refractivity contribution >= 4 is 6.03 Å². The van der Waals surface area contributed by atoms with Gasteiger partial charge in [0.25, 0.3) is 0 Å². The molecule has 1 fully saturated rings. The molecule has 0 spiro atoms. The van der Waals surface area contributed by atoms with Crippen molar-refractivity contribution < 1.29 is 18.7 Å². The van der Waals surface area contributed by atoms with Gasteiger partial charge >= 0.3 is 6.03 Å². The summed E-state index contributed by atoms with van der Waals surface area (Å²) in [5, 5.41) is 15.1. The van der Waals surface area contributed by atoms with Gasteiger partial charge in [-0.25, -0.2) is 13.6 Å². The summed E-state index contributed by atoms with van der Waals surface area (Å²) in [4.78, 5) is 12.0. The summed E-state index contributed by atoms with van der Waals surface area (Å²) < 4.78 is 27.1. The molecule has 0 heterocycles. The van der Waals surface area contributed by atoms with Crippen molar-refractivity contribution in [2.24, 2.45) is 5.92 Å². The van der Waals surface area contributed by atoms with Gasteiger partial charge in [0.15, 0.2) is 0 Å². The Morgan fingerprint density at radius 3 is 2.87 bits per heavy atom. The van der Waals surface area contributed by atoms with E-state index >= 15 is 0 Å². The van der Waals surface area contributed by atoms with Crippen molar-refractivity contribution in [1.82, 2.24) is 10.6 Å². The standard InChI is InChI=1S/C17H24F2N2O2/c1-2-16(14-9-12(18)6-7-15(14)19)21-17(23)20-10-11-4-3-5-13(22)8-11/h6-7,9,11,13,16,22H,2-5,8,10H2,1H3,(H2,20,21,23). The van der Waals surface area contributed by atoms with Gasteiger partial charge in [-0.2, -0.15) is 0 Å². The number of benzene rings is 1. The maximum absolute atomic E-state index is 13.8. The molecule has 3 atom stereocenters. The molecule has 4 nitrogen and oxygen atoms in total. The van der Waals surface area contributed by atoms with E-state index in [4.69, 9.17) is 0 Å². The van der Waals surface area contributed by atoms with Crippen LogP contribution in [0.5, 0.6) is 0 Å². The summed E-state index contributed by atoms with van der Waals surface area (Å²) >= 11 is 0. The van der Waals surface area contributed by atoms with E-state index in [9.17, 15) is 18.7 Å². The molecule has 1 saturated carbocycles. The molecule has 128 valence electrons. The van der Waals surface area contributed by atoms with Gasteiger partial charge in [0.1, 0.15) is 11.6 Å². The van der Waals surface area contributed by atoms with E-state index in [0.29, 0.717) is 19.4 Å². The van der Waals surface area contributed by atoms with Crippen molar-refractivity contribution in [1.29, 1.82) is 0 Å². The Balaban J connectivity index is 1.88. The van der Waals surface area contributed by atoms with Gasteiger partial charge in [-0.15, -0.1) is 0 Å². The third-order valence-corrected chi connectivity index (χ3v) is 4.35. The molecule has 6 heteroatoms. The van der Waals surface area contributed by atoms with Crippen LogP contribution >= 0.6 is 0 Å². The molecular weight excluding hydrogens is 302 g/mol. The predicted octanol–water partition coefficient (Wildman–Crippen LogP) is 3.27. The van der Waals surface area contributed by atoms with Crippen molar-refractivity contribution in [3.8, 4) is 0 Å². The number of hydrogen-bond donors (Lipinski definition) is 3. The minimum absolute atomic E-state index is 0.149. The summed E-state index contributed by atoms with van der Waals surface area (Å²) in [6, 6.07) is 2.25. The zero-order chi connectivity index (χ0) is 16.8. The topological polar surface area (TPSA) is 61.4 Å². The quantitative estimate of drug-likeness (QED) is 0.778. The first-order valence-corrected chi connectivity index (χ1v) is 8.17. The number of carbonyl (C=O) groups is 1. The summed E-state index contributed by atoms with van der Waals surface area (Å²) in [6.07, 6.45) is 3.61. The second-order valence-corrected chi connectivity index (χ2v) is 6.17. The number of rotatable bonds is 5. The Hall–Kier alpha value is -1.69. The van der Waals surface area contributed by atoms with Gasteiger partial charge in [0.2, 0.25) is 0 Å². The summed E-state index contributed by atoms with van der Waals surface area (Å²) in [7, 11) is 0. The molecule has 0 bridgehead atoms. The largest absolute Gasteiger partial charge is 0.393 e. The lowest BCUT2D eigenvalue weighted by Crippen LogP contribution is -2.41. The van der Waals surface area contributed by atoms with E-state index in [0.717, 1.165) is 37.5 Å². The number of aliphatic hydroxyl groups is 1. The highest BCUT2D eigenvalue weighted by atomic mass is 19.1. The Labute approximate surface area is 135 Å². The Bertz CT molecular complexity index is 539. The van der Waals surface area contributed by atoms with Crippen LogP contribution in [0.4, 0.5) is 13.6 Å². The maximum atomic E-state index is 13.8. The maximum Gasteiger partial charge on any atom is 0.315 e. The Kier molecular flexibility index (Phi) is 6.33. The van der Waals surface area contributed by atoms with Gasteiger partial charge in [-0.1, -0.05) is 13.3 Å². The third kappa shape index (κ3) is 5.16. The number of carbonyl (C=O) groups excluding carboxylic acids is 1. The predicted molar refractivity (Wildman–Crippen MR) is 83.9 cm³/mol. The first kappa shape index (κ1) is 17.7. The lowest BCUT2D eigenvalue weighted by Gasteiger charge is -2.26. The van der Waals surface area contributed by atoms with Gasteiger partial charge in [-0.05, 0) is 49.8 Å². The molecule has 2 amide bonds. The van der Waals surface area contributed by atoms with Crippen molar-refractivity contribution in [2.75, 3.05) is 6.54 Å². The smallest absolute Gasteiger partial charge is 0.315 e. The van der Waals surface area contributed by atoms with Crippen LogP contribution in [-0.4, -0.2) is 23.8 Å². The zero-order valence-corrected chi connectivity index (χ0v) is 13.3. The molecule has 3 unspecified atom stereocenters.